The van der Waals surface area contributed by atoms with Gasteiger partial charge in [-0.2, -0.15) is 0 Å². The lowest BCUT2D eigenvalue weighted by atomic mass is 9.90. The number of hydrogen-bond donors (Lipinski definition) is 2. The zero-order valence-electron chi connectivity index (χ0n) is 16.0. The molecule has 2 rings (SSSR count). The zero-order valence-corrected chi connectivity index (χ0v) is 16.0. The van der Waals surface area contributed by atoms with E-state index >= 15 is 0 Å². The molecule has 26 heavy (non-hydrogen) atoms. The van der Waals surface area contributed by atoms with Gasteiger partial charge >= 0.3 is 0 Å². The van der Waals surface area contributed by atoms with Crippen LogP contribution < -0.4 is 15.4 Å². The smallest absolute Gasteiger partial charge is 0.239 e. The van der Waals surface area contributed by atoms with Crippen LogP contribution in [0.1, 0.15) is 30.5 Å². The summed E-state index contributed by atoms with van der Waals surface area (Å²) in [6, 6.07) is 13.3. The van der Waals surface area contributed by atoms with E-state index in [2.05, 4.69) is 10.6 Å². The van der Waals surface area contributed by atoms with Crippen LogP contribution in [0.3, 0.4) is 0 Å². The van der Waals surface area contributed by atoms with Crippen LogP contribution in [0, 0.1) is 19.3 Å². The van der Waals surface area contributed by atoms with E-state index in [4.69, 9.17) is 4.74 Å². The molecule has 0 radical (unpaired) electrons. The van der Waals surface area contributed by atoms with Gasteiger partial charge in [0.15, 0.2) is 0 Å². The van der Waals surface area contributed by atoms with Crippen LogP contribution in [0.4, 0.5) is 5.69 Å². The van der Waals surface area contributed by atoms with Gasteiger partial charge in [-0.25, -0.2) is 0 Å². The Morgan fingerprint density at radius 2 is 1.73 bits per heavy atom. The molecule has 2 N–H and O–H groups in total. The molecule has 5 nitrogen and oxygen atoms in total. The Kier molecular flexibility index (Phi) is 6.03. The van der Waals surface area contributed by atoms with Crippen LogP contribution in [0.25, 0.3) is 0 Å². The molecule has 0 fully saturated rings. The van der Waals surface area contributed by atoms with Crippen molar-refractivity contribution in [3.8, 4) is 5.75 Å². The lowest BCUT2D eigenvalue weighted by Crippen LogP contribution is -2.45. The number of anilines is 1. The fourth-order valence-corrected chi connectivity index (χ4v) is 2.50. The van der Waals surface area contributed by atoms with Crippen molar-refractivity contribution in [2.75, 3.05) is 12.4 Å². The highest BCUT2D eigenvalue weighted by atomic mass is 16.5. The van der Waals surface area contributed by atoms with E-state index in [0.29, 0.717) is 12.3 Å². The topological polar surface area (TPSA) is 67.4 Å². The summed E-state index contributed by atoms with van der Waals surface area (Å²) in [5.41, 5.74) is 2.37. The Hall–Kier alpha value is -2.82. The zero-order chi connectivity index (χ0) is 19.3. The predicted molar refractivity (Wildman–Crippen MR) is 103 cm³/mol. The molecular weight excluding hydrogens is 328 g/mol. The van der Waals surface area contributed by atoms with E-state index in [1.165, 1.54) is 0 Å². The molecule has 0 aliphatic heterocycles. The minimum Gasteiger partial charge on any atom is -0.496 e. The van der Waals surface area contributed by atoms with Gasteiger partial charge in [-0.3, -0.25) is 9.59 Å². The lowest BCUT2D eigenvalue weighted by molar-refractivity contribution is -0.138. The van der Waals surface area contributed by atoms with Crippen molar-refractivity contribution in [3.63, 3.8) is 0 Å². The lowest BCUT2D eigenvalue weighted by Gasteiger charge is -2.23. The minimum atomic E-state index is -1.21. The van der Waals surface area contributed by atoms with Gasteiger partial charge in [0.05, 0.1) is 7.11 Å². The Balaban J connectivity index is 2.06. The molecule has 0 saturated carbocycles. The molecule has 0 spiro atoms. The first-order valence-electron chi connectivity index (χ1n) is 8.54. The molecule has 0 aliphatic carbocycles. The summed E-state index contributed by atoms with van der Waals surface area (Å²) < 4.78 is 5.28. The molecule has 0 bridgehead atoms. The normalized spacial score (nSPS) is 11.0. The monoisotopic (exact) mass is 354 g/mol. The van der Waals surface area contributed by atoms with Gasteiger partial charge in [-0.1, -0.05) is 30.3 Å². The van der Waals surface area contributed by atoms with Crippen molar-refractivity contribution >= 4 is 17.5 Å². The molecule has 0 heterocycles. The third-order valence-corrected chi connectivity index (χ3v) is 4.41. The average molecular weight is 354 g/mol. The van der Waals surface area contributed by atoms with Gasteiger partial charge < -0.3 is 15.4 Å². The summed E-state index contributed by atoms with van der Waals surface area (Å²) in [4.78, 5) is 25.3. The summed E-state index contributed by atoms with van der Waals surface area (Å²) in [5.74, 6) is 0.0142. The Morgan fingerprint density at radius 3 is 2.42 bits per heavy atom. The maximum absolute atomic E-state index is 12.7. The standard InChI is InChI=1S/C21H26N2O3/c1-14-10-11-15(2)17(12-14)23-20(25)21(3,4)19(24)22-13-16-8-6-7-9-18(16)26-5/h6-12H,13H2,1-5H3,(H,22,24)(H,23,25). The highest BCUT2D eigenvalue weighted by Crippen LogP contribution is 2.23. The number of methoxy groups -OCH3 is 1. The van der Waals surface area contributed by atoms with Crippen LogP contribution in [0.15, 0.2) is 42.5 Å². The number of para-hydroxylation sites is 1. The third-order valence-electron chi connectivity index (χ3n) is 4.41. The summed E-state index contributed by atoms with van der Waals surface area (Å²) >= 11 is 0. The highest BCUT2D eigenvalue weighted by molar-refractivity contribution is 6.10. The molecule has 2 aromatic rings. The van der Waals surface area contributed by atoms with Gasteiger partial charge in [0.1, 0.15) is 11.2 Å². The molecule has 0 saturated heterocycles. The molecule has 5 heteroatoms. The summed E-state index contributed by atoms with van der Waals surface area (Å²) in [7, 11) is 1.59. The van der Waals surface area contributed by atoms with Gasteiger partial charge in [0, 0.05) is 17.8 Å². The SMILES string of the molecule is COc1ccccc1CNC(=O)C(C)(C)C(=O)Nc1cc(C)ccc1C. The van der Waals surface area contributed by atoms with E-state index < -0.39 is 5.41 Å². The number of benzene rings is 2. The molecule has 2 amide bonds. The average Bonchev–Trinajstić information content (AvgIpc) is 2.62. The Bertz CT molecular complexity index is 813. The maximum atomic E-state index is 12.7. The van der Waals surface area contributed by atoms with Crippen molar-refractivity contribution in [3.05, 3.63) is 59.2 Å². The molecule has 0 aliphatic rings. The van der Waals surface area contributed by atoms with Crippen molar-refractivity contribution in [2.45, 2.75) is 34.2 Å². The summed E-state index contributed by atoms with van der Waals surface area (Å²) in [5, 5.41) is 5.70. The van der Waals surface area contributed by atoms with E-state index in [9.17, 15) is 9.59 Å². The third kappa shape index (κ3) is 4.42. The number of nitrogens with one attached hydrogen (secondary N) is 2. The molecule has 0 aromatic heterocycles. The van der Waals surface area contributed by atoms with E-state index in [0.717, 1.165) is 22.4 Å². The summed E-state index contributed by atoms with van der Waals surface area (Å²) in [6.45, 7) is 7.41. The molecule has 2 aromatic carbocycles. The van der Waals surface area contributed by atoms with Crippen LogP contribution in [-0.4, -0.2) is 18.9 Å². The van der Waals surface area contributed by atoms with Crippen LogP contribution in [-0.2, 0) is 16.1 Å². The van der Waals surface area contributed by atoms with Crippen LogP contribution in [0.5, 0.6) is 5.75 Å². The minimum absolute atomic E-state index is 0.295. The van der Waals surface area contributed by atoms with Crippen molar-refractivity contribution in [1.29, 1.82) is 0 Å². The second-order valence-electron chi connectivity index (χ2n) is 6.89. The number of hydrogen-bond acceptors (Lipinski definition) is 3. The first-order chi connectivity index (χ1) is 12.3. The second-order valence-corrected chi connectivity index (χ2v) is 6.89. The molecule has 0 unspecified atom stereocenters. The number of aryl methyl sites for hydroxylation is 2. The van der Waals surface area contributed by atoms with Crippen molar-refractivity contribution in [1.82, 2.24) is 5.32 Å². The first-order valence-corrected chi connectivity index (χ1v) is 8.54. The second kappa shape index (κ2) is 8.04. The van der Waals surface area contributed by atoms with Gasteiger partial charge in [0.2, 0.25) is 11.8 Å². The molecule has 0 atom stereocenters. The van der Waals surface area contributed by atoms with Gasteiger partial charge in [-0.05, 0) is 51.0 Å². The van der Waals surface area contributed by atoms with Gasteiger partial charge in [0.25, 0.3) is 0 Å². The Labute approximate surface area is 154 Å². The fourth-order valence-electron chi connectivity index (χ4n) is 2.50. The van der Waals surface area contributed by atoms with Crippen LogP contribution >= 0.6 is 0 Å². The van der Waals surface area contributed by atoms with Crippen molar-refractivity contribution < 1.29 is 14.3 Å². The Morgan fingerprint density at radius 1 is 1.04 bits per heavy atom. The van der Waals surface area contributed by atoms with Crippen LogP contribution in [0.2, 0.25) is 0 Å². The van der Waals surface area contributed by atoms with Gasteiger partial charge in [-0.15, -0.1) is 0 Å². The number of carbonyl (C=O) groups excluding carboxylic acids is 2. The number of carbonyl (C=O) groups is 2. The summed E-state index contributed by atoms with van der Waals surface area (Å²) in [6.07, 6.45) is 0. The van der Waals surface area contributed by atoms with E-state index in [1.807, 2.05) is 56.3 Å². The largest absolute Gasteiger partial charge is 0.496 e. The van der Waals surface area contributed by atoms with Crippen molar-refractivity contribution in [2.24, 2.45) is 5.41 Å². The predicted octanol–water partition coefficient (Wildman–Crippen LogP) is 3.59. The number of rotatable bonds is 6. The molecular formula is C21H26N2O3. The first kappa shape index (κ1) is 19.5. The van der Waals surface area contributed by atoms with E-state index in [1.54, 1.807) is 21.0 Å². The number of amides is 2. The quantitative estimate of drug-likeness (QED) is 0.779. The van der Waals surface area contributed by atoms with E-state index in [-0.39, 0.29) is 11.8 Å². The molecule has 138 valence electrons. The number of ether oxygens (including phenoxy) is 1. The fraction of sp³-hybridized carbons (Fsp3) is 0.333. The highest BCUT2D eigenvalue weighted by Gasteiger charge is 2.36. The maximum Gasteiger partial charge on any atom is 0.239 e.